The van der Waals surface area contributed by atoms with E-state index in [2.05, 4.69) is 4.98 Å². The largest absolute Gasteiger partial charge is 0.381 e. The van der Waals surface area contributed by atoms with Gasteiger partial charge in [0, 0.05) is 37.5 Å². The van der Waals surface area contributed by atoms with E-state index in [1.165, 1.54) is 0 Å². The molecule has 1 aromatic carbocycles. The second-order valence-electron chi connectivity index (χ2n) is 9.02. The molecule has 1 amide bonds. The Morgan fingerprint density at radius 3 is 2.58 bits per heavy atom. The van der Waals surface area contributed by atoms with Gasteiger partial charge >= 0.3 is 0 Å². The first kappa shape index (κ1) is 21.6. The highest BCUT2D eigenvalue weighted by Crippen LogP contribution is 2.29. The Morgan fingerprint density at radius 2 is 1.88 bits per heavy atom. The van der Waals surface area contributed by atoms with Gasteiger partial charge in [0.15, 0.2) is 0 Å². The fourth-order valence-electron chi connectivity index (χ4n) is 5.22. The van der Waals surface area contributed by atoms with E-state index in [9.17, 15) is 9.59 Å². The van der Waals surface area contributed by atoms with Crippen molar-refractivity contribution in [2.45, 2.75) is 51.3 Å². The summed E-state index contributed by atoms with van der Waals surface area (Å²) < 4.78 is 9.26. The maximum Gasteiger partial charge on any atom is 0.275 e. The zero-order valence-electron chi connectivity index (χ0n) is 19.0. The van der Waals surface area contributed by atoms with Gasteiger partial charge in [0.2, 0.25) is 5.91 Å². The number of carbonyl (C=O) groups is 1. The summed E-state index contributed by atoms with van der Waals surface area (Å²) in [5.74, 6) is 0.260. The number of aromatic nitrogens is 3. The van der Waals surface area contributed by atoms with E-state index in [-0.39, 0.29) is 23.5 Å². The third-order valence-corrected chi connectivity index (χ3v) is 7.05. The van der Waals surface area contributed by atoms with Crippen molar-refractivity contribution in [2.75, 3.05) is 13.7 Å². The lowest BCUT2D eigenvalue weighted by Gasteiger charge is -2.34. The van der Waals surface area contributed by atoms with Crippen molar-refractivity contribution in [3.63, 3.8) is 0 Å². The van der Waals surface area contributed by atoms with E-state index in [0.29, 0.717) is 26.1 Å². The standard InChI is InChI=1S/C26H30N4O3/c1-33-22-11-9-20(10-12-22)25(31)28-15-13-23-24(18-28)29(17-19-6-5-14-27-16-19)30(26(23)32)21-7-3-2-4-8-21/h2-8,14,16,20,22H,9-13,15,17-18H2,1H3. The van der Waals surface area contributed by atoms with E-state index in [4.69, 9.17) is 4.74 Å². The molecule has 1 fully saturated rings. The summed E-state index contributed by atoms with van der Waals surface area (Å²) in [6.45, 7) is 1.58. The van der Waals surface area contributed by atoms with Crippen molar-refractivity contribution >= 4 is 5.91 Å². The molecule has 0 unspecified atom stereocenters. The maximum atomic E-state index is 13.5. The lowest BCUT2D eigenvalue weighted by atomic mass is 9.86. The molecule has 1 aliphatic carbocycles. The third-order valence-electron chi connectivity index (χ3n) is 7.05. The number of benzene rings is 1. The zero-order chi connectivity index (χ0) is 22.8. The summed E-state index contributed by atoms with van der Waals surface area (Å²) in [4.78, 5) is 33.0. The van der Waals surface area contributed by atoms with Gasteiger partial charge in [-0.3, -0.25) is 19.3 Å². The zero-order valence-corrected chi connectivity index (χ0v) is 19.0. The van der Waals surface area contributed by atoms with Crippen molar-refractivity contribution < 1.29 is 9.53 Å². The topological polar surface area (TPSA) is 69.4 Å². The molecule has 0 N–H and O–H groups in total. The van der Waals surface area contributed by atoms with Crippen LogP contribution in [0.25, 0.3) is 5.69 Å². The Morgan fingerprint density at radius 1 is 1.09 bits per heavy atom. The molecule has 2 aliphatic rings. The number of carbonyl (C=O) groups excluding carboxylic acids is 1. The number of para-hydroxylation sites is 1. The molecule has 7 heteroatoms. The molecule has 5 rings (SSSR count). The highest BCUT2D eigenvalue weighted by molar-refractivity contribution is 5.79. The summed E-state index contributed by atoms with van der Waals surface area (Å²) in [6, 6.07) is 13.6. The summed E-state index contributed by atoms with van der Waals surface area (Å²) in [6.07, 6.45) is 8.03. The van der Waals surface area contributed by atoms with Crippen molar-refractivity contribution in [3.8, 4) is 5.69 Å². The molecule has 0 spiro atoms. The molecule has 1 saturated carbocycles. The highest BCUT2D eigenvalue weighted by atomic mass is 16.5. The van der Waals surface area contributed by atoms with Crippen LogP contribution in [0, 0.1) is 5.92 Å². The molecule has 1 aliphatic heterocycles. The van der Waals surface area contributed by atoms with Gasteiger partial charge in [0.25, 0.3) is 5.56 Å². The van der Waals surface area contributed by atoms with E-state index < -0.39 is 0 Å². The molecule has 172 valence electrons. The fraction of sp³-hybridized carbons (Fsp3) is 0.423. The first-order valence-corrected chi connectivity index (χ1v) is 11.7. The lowest BCUT2D eigenvalue weighted by Crippen LogP contribution is -2.42. The van der Waals surface area contributed by atoms with Crippen molar-refractivity contribution in [1.29, 1.82) is 0 Å². The monoisotopic (exact) mass is 446 g/mol. The summed E-state index contributed by atoms with van der Waals surface area (Å²) >= 11 is 0. The van der Waals surface area contributed by atoms with E-state index in [1.54, 1.807) is 18.0 Å². The van der Waals surface area contributed by atoms with Crippen LogP contribution in [0.3, 0.4) is 0 Å². The van der Waals surface area contributed by atoms with E-state index in [1.807, 2.05) is 58.2 Å². The average molecular weight is 447 g/mol. The second kappa shape index (κ2) is 9.35. The first-order valence-electron chi connectivity index (χ1n) is 11.7. The molecule has 0 saturated heterocycles. The molecule has 3 aromatic rings. The number of hydrogen-bond acceptors (Lipinski definition) is 4. The minimum atomic E-state index is 0.00721. The van der Waals surface area contributed by atoms with Crippen molar-refractivity contribution in [1.82, 2.24) is 19.2 Å². The van der Waals surface area contributed by atoms with Crippen LogP contribution >= 0.6 is 0 Å². The second-order valence-corrected chi connectivity index (χ2v) is 9.02. The molecular weight excluding hydrogens is 416 g/mol. The number of ether oxygens (including phenoxy) is 1. The highest BCUT2D eigenvalue weighted by Gasteiger charge is 2.34. The predicted molar refractivity (Wildman–Crippen MR) is 125 cm³/mol. The quantitative estimate of drug-likeness (QED) is 0.604. The Kier molecular flexibility index (Phi) is 6.13. The molecule has 2 aromatic heterocycles. The van der Waals surface area contributed by atoms with Crippen LogP contribution in [-0.4, -0.2) is 44.9 Å². The third kappa shape index (κ3) is 4.25. The van der Waals surface area contributed by atoms with Crippen molar-refractivity contribution in [3.05, 3.63) is 82.0 Å². The number of methoxy groups -OCH3 is 1. The maximum absolute atomic E-state index is 13.5. The lowest BCUT2D eigenvalue weighted by molar-refractivity contribution is -0.138. The Hall–Kier alpha value is -3.19. The van der Waals surface area contributed by atoms with E-state index >= 15 is 0 Å². The van der Waals surface area contributed by atoms with Crippen LogP contribution in [0.1, 0.15) is 42.5 Å². The Labute approximate surface area is 193 Å². The minimum absolute atomic E-state index is 0.00721. The Balaban J connectivity index is 1.48. The van der Waals surface area contributed by atoms with E-state index in [0.717, 1.165) is 48.2 Å². The summed E-state index contributed by atoms with van der Waals surface area (Å²) in [5, 5.41) is 0. The molecule has 0 bridgehead atoms. The molecular formula is C26H30N4O3. The average Bonchev–Trinajstić information content (AvgIpc) is 3.15. The van der Waals surface area contributed by atoms with Gasteiger partial charge in [0.1, 0.15) is 0 Å². The smallest absolute Gasteiger partial charge is 0.275 e. The first-order chi connectivity index (χ1) is 16.2. The minimum Gasteiger partial charge on any atom is -0.381 e. The van der Waals surface area contributed by atoms with Gasteiger partial charge in [-0.1, -0.05) is 24.3 Å². The number of nitrogens with zero attached hydrogens (tertiary/aromatic N) is 4. The van der Waals surface area contributed by atoms with Gasteiger partial charge in [-0.05, 0) is 55.9 Å². The molecule has 7 nitrogen and oxygen atoms in total. The van der Waals surface area contributed by atoms with Crippen molar-refractivity contribution in [2.24, 2.45) is 5.92 Å². The van der Waals surface area contributed by atoms with Crippen LogP contribution in [-0.2, 0) is 29.0 Å². The Bertz CT molecular complexity index is 1160. The van der Waals surface area contributed by atoms with Gasteiger partial charge in [0.05, 0.1) is 30.6 Å². The number of pyridine rings is 1. The van der Waals surface area contributed by atoms with Gasteiger partial charge in [-0.2, -0.15) is 0 Å². The van der Waals surface area contributed by atoms with Crippen LogP contribution < -0.4 is 5.56 Å². The SMILES string of the molecule is COC1CCC(C(=O)N2CCc3c(n(Cc4cccnc4)n(-c4ccccc4)c3=O)C2)CC1. The van der Waals surface area contributed by atoms with Gasteiger partial charge in [-0.25, -0.2) is 4.68 Å². The molecule has 0 atom stereocenters. The molecule has 0 radical (unpaired) electrons. The molecule has 3 heterocycles. The number of rotatable bonds is 5. The predicted octanol–water partition coefficient (Wildman–Crippen LogP) is 3.17. The number of amides is 1. The van der Waals surface area contributed by atoms with Crippen LogP contribution in [0.5, 0.6) is 0 Å². The number of hydrogen-bond donors (Lipinski definition) is 0. The summed E-state index contributed by atoms with van der Waals surface area (Å²) in [7, 11) is 1.75. The normalized spacial score (nSPS) is 20.5. The summed E-state index contributed by atoms with van der Waals surface area (Å²) in [5.41, 5.74) is 3.60. The van der Waals surface area contributed by atoms with Gasteiger partial charge in [-0.15, -0.1) is 0 Å². The molecule has 33 heavy (non-hydrogen) atoms. The van der Waals surface area contributed by atoms with Crippen LogP contribution in [0.2, 0.25) is 0 Å². The van der Waals surface area contributed by atoms with Crippen LogP contribution in [0.15, 0.2) is 59.7 Å². The van der Waals surface area contributed by atoms with Crippen LogP contribution in [0.4, 0.5) is 0 Å². The van der Waals surface area contributed by atoms with Gasteiger partial charge < -0.3 is 9.64 Å². The number of fused-ring (bicyclic) bond motifs is 1. The fourth-order valence-corrected chi connectivity index (χ4v) is 5.22.